The molecular weight excluding hydrogens is 538 g/mol. The zero-order chi connectivity index (χ0) is 28.6. The molecule has 11 heteroatoms. The van der Waals surface area contributed by atoms with E-state index < -0.39 is 0 Å². The number of hydrogen-bond acceptors (Lipinski definition) is 8. The number of rotatable bonds is 7. The monoisotopic (exact) mass is 569 g/mol. The largest absolute Gasteiger partial charge is 0.455 e. The summed E-state index contributed by atoms with van der Waals surface area (Å²) in [5.41, 5.74) is 3.32. The molecule has 11 nitrogen and oxygen atoms in total. The summed E-state index contributed by atoms with van der Waals surface area (Å²) in [4.78, 5) is 30.6. The van der Waals surface area contributed by atoms with Crippen molar-refractivity contribution in [3.8, 4) is 11.5 Å². The maximum absolute atomic E-state index is 13.3. The highest BCUT2D eigenvalue weighted by atomic mass is 16.7. The predicted molar refractivity (Wildman–Crippen MR) is 152 cm³/mol. The Morgan fingerprint density at radius 3 is 2.50 bits per heavy atom. The Morgan fingerprint density at radius 2 is 1.69 bits per heavy atom. The third-order valence-corrected chi connectivity index (χ3v) is 8.29. The van der Waals surface area contributed by atoms with E-state index in [4.69, 9.17) is 13.9 Å². The van der Waals surface area contributed by atoms with E-state index in [0.717, 1.165) is 61.0 Å². The van der Waals surface area contributed by atoms with Crippen LogP contribution in [0.2, 0.25) is 0 Å². The van der Waals surface area contributed by atoms with Crippen molar-refractivity contribution in [3.63, 3.8) is 0 Å². The predicted octanol–water partition coefficient (Wildman–Crippen LogP) is 4.28. The third-order valence-electron chi connectivity index (χ3n) is 8.29. The van der Waals surface area contributed by atoms with Crippen molar-refractivity contribution in [1.29, 1.82) is 0 Å². The molecule has 2 aromatic carbocycles. The summed E-state index contributed by atoms with van der Waals surface area (Å²) >= 11 is 0. The molecule has 3 aliphatic rings. The number of ether oxygens (including phenoxy) is 2. The standard InChI is InChI=1S/C31H31N5O6/c37-31(34-14-12-32(13-15-34)19-22-3-9-27-29(18-22)41-21-40-27)28-10-8-25(42-28)20-35-17-16-33-11-1-2-26(33)30(35)23-4-6-24(7-5-23)36(38)39/h1-11,18,30H,12-17,19-21H2. The Balaban J connectivity index is 0.993. The van der Waals surface area contributed by atoms with E-state index in [2.05, 4.69) is 32.7 Å². The Labute approximate surface area is 242 Å². The highest BCUT2D eigenvalue weighted by molar-refractivity contribution is 5.91. The average molecular weight is 570 g/mol. The van der Waals surface area contributed by atoms with Gasteiger partial charge in [-0.2, -0.15) is 0 Å². The van der Waals surface area contributed by atoms with Crippen molar-refractivity contribution in [2.75, 3.05) is 39.5 Å². The van der Waals surface area contributed by atoms with Crippen LogP contribution in [0.3, 0.4) is 0 Å². The molecule has 0 N–H and O–H groups in total. The Bertz CT molecular complexity index is 1600. The lowest BCUT2D eigenvalue weighted by Gasteiger charge is -2.36. The van der Waals surface area contributed by atoms with E-state index in [-0.39, 0.29) is 29.4 Å². The summed E-state index contributed by atoms with van der Waals surface area (Å²) in [6.07, 6.45) is 2.06. The van der Waals surface area contributed by atoms with Crippen LogP contribution in [0.15, 0.2) is 77.3 Å². The summed E-state index contributed by atoms with van der Waals surface area (Å²) < 4.78 is 19.2. The first kappa shape index (κ1) is 26.3. The second-order valence-corrected chi connectivity index (χ2v) is 10.9. The molecule has 42 heavy (non-hydrogen) atoms. The molecule has 7 rings (SSSR count). The quantitative estimate of drug-likeness (QED) is 0.240. The van der Waals surface area contributed by atoms with E-state index in [1.807, 2.05) is 41.3 Å². The van der Waals surface area contributed by atoms with Gasteiger partial charge in [-0.3, -0.25) is 24.7 Å². The normalized spacial score (nSPS) is 18.7. The van der Waals surface area contributed by atoms with Crippen LogP contribution in [0.4, 0.5) is 5.69 Å². The first-order valence-electron chi connectivity index (χ1n) is 14.1. The SMILES string of the molecule is O=C(c1ccc(CN2CCn3cccc3C2c2ccc([N+](=O)[O-])cc2)o1)N1CCN(Cc2ccc3c(c2)OCO3)CC1. The van der Waals surface area contributed by atoms with Crippen LogP contribution >= 0.6 is 0 Å². The number of benzene rings is 2. The van der Waals surface area contributed by atoms with Crippen molar-refractivity contribution in [2.45, 2.75) is 25.7 Å². The van der Waals surface area contributed by atoms with Crippen LogP contribution < -0.4 is 9.47 Å². The molecule has 1 fully saturated rings. The van der Waals surface area contributed by atoms with Gasteiger partial charge in [0.15, 0.2) is 17.3 Å². The zero-order valence-electron chi connectivity index (χ0n) is 23.1. The second kappa shape index (κ2) is 11.0. The summed E-state index contributed by atoms with van der Waals surface area (Å²) in [7, 11) is 0. The number of furan rings is 1. The second-order valence-electron chi connectivity index (χ2n) is 10.9. The van der Waals surface area contributed by atoms with Crippen LogP contribution in [-0.2, 0) is 19.6 Å². The van der Waals surface area contributed by atoms with Crippen LogP contribution in [-0.4, -0.2) is 69.6 Å². The smallest absolute Gasteiger partial charge is 0.289 e. The molecule has 1 atom stereocenters. The van der Waals surface area contributed by atoms with E-state index in [0.29, 0.717) is 31.2 Å². The Morgan fingerprint density at radius 1 is 0.881 bits per heavy atom. The van der Waals surface area contributed by atoms with Crippen LogP contribution in [0.1, 0.15) is 39.2 Å². The lowest BCUT2D eigenvalue weighted by atomic mass is 9.99. The van der Waals surface area contributed by atoms with Crippen LogP contribution in [0.5, 0.6) is 11.5 Å². The number of amides is 1. The Hall–Kier alpha value is -4.61. The molecule has 3 aliphatic heterocycles. The molecule has 0 radical (unpaired) electrons. The number of piperazine rings is 1. The Kier molecular flexibility index (Phi) is 6.88. The molecule has 0 saturated carbocycles. The molecule has 1 saturated heterocycles. The van der Waals surface area contributed by atoms with Crippen molar-refractivity contribution in [2.24, 2.45) is 0 Å². The van der Waals surface area contributed by atoms with Crippen LogP contribution in [0, 0.1) is 10.1 Å². The summed E-state index contributed by atoms with van der Waals surface area (Å²) in [6, 6.07) is 20.4. The van der Waals surface area contributed by atoms with E-state index in [1.54, 1.807) is 18.2 Å². The van der Waals surface area contributed by atoms with Crippen molar-refractivity contribution < 1.29 is 23.6 Å². The minimum absolute atomic E-state index is 0.0689. The molecule has 216 valence electrons. The first-order valence-corrected chi connectivity index (χ1v) is 14.1. The summed E-state index contributed by atoms with van der Waals surface area (Å²) in [5.74, 6) is 2.54. The maximum Gasteiger partial charge on any atom is 0.289 e. The number of aromatic nitrogens is 1. The van der Waals surface area contributed by atoms with Gasteiger partial charge in [0, 0.05) is 69.8 Å². The number of carbonyl (C=O) groups excluding carboxylic acids is 1. The van der Waals surface area contributed by atoms with Crippen molar-refractivity contribution >= 4 is 11.6 Å². The molecule has 4 aromatic rings. The molecule has 1 amide bonds. The highest BCUT2D eigenvalue weighted by Crippen LogP contribution is 2.35. The first-order chi connectivity index (χ1) is 20.5. The number of hydrogen-bond donors (Lipinski definition) is 0. The lowest BCUT2D eigenvalue weighted by Crippen LogP contribution is -2.48. The number of carbonyl (C=O) groups is 1. The van der Waals surface area contributed by atoms with E-state index in [1.165, 1.54) is 0 Å². The van der Waals surface area contributed by atoms with E-state index >= 15 is 0 Å². The fourth-order valence-electron chi connectivity index (χ4n) is 6.10. The number of nitrogens with zero attached hydrogens (tertiary/aromatic N) is 5. The van der Waals surface area contributed by atoms with Gasteiger partial charge in [0.25, 0.3) is 11.6 Å². The number of non-ortho nitro benzene ring substituents is 1. The highest BCUT2D eigenvalue weighted by Gasteiger charge is 2.31. The average Bonchev–Trinajstić information content (AvgIpc) is 3.78. The van der Waals surface area contributed by atoms with Gasteiger partial charge >= 0.3 is 0 Å². The molecule has 0 spiro atoms. The van der Waals surface area contributed by atoms with Gasteiger partial charge in [-0.25, -0.2) is 0 Å². The van der Waals surface area contributed by atoms with Gasteiger partial charge in [-0.15, -0.1) is 0 Å². The van der Waals surface area contributed by atoms with Gasteiger partial charge in [0.2, 0.25) is 6.79 Å². The lowest BCUT2D eigenvalue weighted by molar-refractivity contribution is -0.384. The minimum atomic E-state index is -0.383. The zero-order valence-corrected chi connectivity index (χ0v) is 23.1. The maximum atomic E-state index is 13.3. The topological polar surface area (TPSA) is 106 Å². The van der Waals surface area contributed by atoms with Crippen molar-refractivity contribution in [3.05, 3.63) is 111 Å². The van der Waals surface area contributed by atoms with E-state index in [9.17, 15) is 14.9 Å². The number of nitro benzene ring substituents is 1. The molecular formula is C31H31N5O6. The molecule has 2 aromatic heterocycles. The molecule has 5 heterocycles. The minimum Gasteiger partial charge on any atom is -0.455 e. The number of fused-ring (bicyclic) bond motifs is 2. The van der Waals surface area contributed by atoms with Crippen molar-refractivity contribution in [1.82, 2.24) is 19.3 Å². The fourth-order valence-corrected chi connectivity index (χ4v) is 6.10. The van der Waals surface area contributed by atoms with Crippen LogP contribution in [0.25, 0.3) is 0 Å². The summed E-state index contributed by atoms with van der Waals surface area (Å²) in [6.45, 7) is 5.99. The molecule has 1 unspecified atom stereocenters. The third kappa shape index (κ3) is 5.12. The summed E-state index contributed by atoms with van der Waals surface area (Å²) in [5, 5.41) is 11.2. The van der Waals surface area contributed by atoms with Gasteiger partial charge in [-0.1, -0.05) is 18.2 Å². The van der Waals surface area contributed by atoms with Gasteiger partial charge in [0.1, 0.15) is 5.76 Å². The molecule has 0 aliphatic carbocycles. The fraction of sp³-hybridized carbons (Fsp3) is 0.323. The van der Waals surface area contributed by atoms with Gasteiger partial charge in [0.05, 0.1) is 17.5 Å². The molecule has 0 bridgehead atoms. The van der Waals surface area contributed by atoms with Gasteiger partial charge < -0.3 is 23.4 Å². The van der Waals surface area contributed by atoms with Gasteiger partial charge in [-0.05, 0) is 47.5 Å². The number of nitro groups is 1.